The molecule has 0 fully saturated rings. The van der Waals surface area contributed by atoms with Gasteiger partial charge in [-0.2, -0.15) is 0 Å². The molecule has 0 aliphatic heterocycles. The maximum atomic E-state index is 6.30. The highest BCUT2D eigenvalue weighted by Crippen LogP contribution is 2.64. The molecule has 2 aliphatic carbocycles. The summed E-state index contributed by atoms with van der Waals surface area (Å²) in [4.78, 5) is 15.7. The first-order chi connectivity index (χ1) is 29.8. The normalized spacial score (nSPS) is 13.1. The Morgan fingerprint density at radius 1 is 0.300 bits per heavy atom. The third-order valence-corrected chi connectivity index (χ3v) is 12.8. The summed E-state index contributed by atoms with van der Waals surface area (Å²) in [5.74, 6) is 1.84. The maximum absolute atomic E-state index is 6.30. The Kier molecular flexibility index (Phi) is 6.90. The molecule has 4 heteroatoms. The number of fused-ring (bicyclic) bond motifs is 14. The third-order valence-electron chi connectivity index (χ3n) is 12.8. The number of para-hydroxylation sites is 1. The van der Waals surface area contributed by atoms with Crippen LogP contribution < -0.4 is 0 Å². The number of furan rings is 1. The first-order valence-electron chi connectivity index (χ1n) is 20.4. The smallest absolute Gasteiger partial charge is 0.164 e. The molecule has 60 heavy (non-hydrogen) atoms. The summed E-state index contributed by atoms with van der Waals surface area (Å²) in [5, 5.41) is 4.24. The molecule has 0 N–H and O–H groups in total. The van der Waals surface area contributed by atoms with Crippen molar-refractivity contribution >= 4 is 32.7 Å². The zero-order valence-corrected chi connectivity index (χ0v) is 32.3. The molecule has 1 spiro atoms. The lowest BCUT2D eigenvalue weighted by molar-refractivity contribution is 0.669. The van der Waals surface area contributed by atoms with E-state index in [1.54, 1.807) is 0 Å². The summed E-state index contributed by atoms with van der Waals surface area (Å²) in [6, 6.07) is 71.5. The molecule has 0 atom stereocenters. The van der Waals surface area contributed by atoms with Crippen molar-refractivity contribution in [1.82, 2.24) is 15.0 Å². The number of hydrogen-bond acceptors (Lipinski definition) is 4. The Balaban J connectivity index is 1.05. The van der Waals surface area contributed by atoms with Crippen LogP contribution in [0.2, 0.25) is 0 Å². The highest BCUT2D eigenvalue weighted by Gasteiger charge is 2.52. The molecular formula is C56H33N3O. The zero-order valence-electron chi connectivity index (χ0n) is 32.3. The van der Waals surface area contributed by atoms with Crippen LogP contribution in [0.5, 0.6) is 0 Å². The summed E-state index contributed by atoms with van der Waals surface area (Å²) in [7, 11) is 0. The molecule has 0 bridgehead atoms. The van der Waals surface area contributed by atoms with Crippen molar-refractivity contribution in [3.63, 3.8) is 0 Å². The van der Waals surface area contributed by atoms with E-state index in [0.717, 1.165) is 49.4 Å². The molecule has 0 amide bonds. The van der Waals surface area contributed by atoms with E-state index in [1.165, 1.54) is 55.6 Å². The standard InChI is InChI=1S/C56H33N3O/c1-2-16-34(17-3-1)53-57-54(59-55(58-53)44-25-15-31-50-52(44)43-23-9-13-30-49(43)60-50)41-33-32-37(35-18-4-5-19-36(35)41)40-24-14-29-48-51(40)42-22-8-12-28-47(42)56(48)45-26-10-6-20-38(45)39-21-7-11-27-46(39)56/h1-33H. The van der Waals surface area contributed by atoms with Crippen LogP contribution in [0.3, 0.4) is 0 Å². The molecule has 2 aromatic heterocycles. The number of rotatable bonds is 4. The van der Waals surface area contributed by atoms with Gasteiger partial charge in [0, 0.05) is 27.5 Å². The Morgan fingerprint density at radius 3 is 1.53 bits per heavy atom. The summed E-state index contributed by atoms with van der Waals surface area (Å²) in [5.41, 5.74) is 16.9. The second-order valence-corrected chi connectivity index (χ2v) is 15.8. The van der Waals surface area contributed by atoms with E-state index in [9.17, 15) is 0 Å². The van der Waals surface area contributed by atoms with E-state index < -0.39 is 5.41 Å². The van der Waals surface area contributed by atoms with Crippen LogP contribution in [-0.2, 0) is 5.41 Å². The van der Waals surface area contributed by atoms with E-state index in [4.69, 9.17) is 19.4 Å². The van der Waals surface area contributed by atoms with Gasteiger partial charge in [-0.1, -0.05) is 182 Å². The van der Waals surface area contributed by atoms with Crippen LogP contribution in [0, 0.1) is 0 Å². The largest absolute Gasteiger partial charge is 0.456 e. The Bertz CT molecular complexity index is 3520. The molecule has 0 radical (unpaired) electrons. The molecule has 2 aliphatic rings. The minimum atomic E-state index is -0.414. The quantitative estimate of drug-likeness (QED) is 0.179. The first kappa shape index (κ1) is 33.1. The monoisotopic (exact) mass is 763 g/mol. The second kappa shape index (κ2) is 12.5. The van der Waals surface area contributed by atoms with Gasteiger partial charge in [0.1, 0.15) is 11.2 Å². The molecule has 0 unspecified atom stereocenters. The van der Waals surface area contributed by atoms with Gasteiger partial charge in [0.15, 0.2) is 17.5 Å². The van der Waals surface area contributed by atoms with Crippen LogP contribution in [0.1, 0.15) is 22.3 Å². The van der Waals surface area contributed by atoms with E-state index in [-0.39, 0.29) is 0 Å². The van der Waals surface area contributed by atoms with Crippen LogP contribution in [-0.4, -0.2) is 15.0 Å². The van der Waals surface area contributed by atoms with Crippen LogP contribution in [0.25, 0.3) is 100 Å². The highest BCUT2D eigenvalue weighted by molar-refractivity contribution is 6.12. The Morgan fingerprint density at radius 2 is 0.783 bits per heavy atom. The molecule has 278 valence electrons. The Labute approximate surface area is 346 Å². The zero-order chi connectivity index (χ0) is 39.4. The van der Waals surface area contributed by atoms with Gasteiger partial charge in [0.25, 0.3) is 0 Å². The van der Waals surface area contributed by atoms with Crippen molar-refractivity contribution in [2.75, 3.05) is 0 Å². The predicted octanol–water partition coefficient (Wildman–Crippen LogP) is 13.9. The van der Waals surface area contributed by atoms with E-state index in [1.807, 2.05) is 48.5 Å². The van der Waals surface area contributed by atoms with Crippen molar-refractivity contribution in [3.05, 3.63) is 222 Å². The predicted molar refractivity (Wildman–Crippen MR) is 243 cm³/mol. The van der Waals surface area contributed by atoms with Crippen molar-refractivity contribution in [2.45, 2.75) is 5.41 Å². The third kappa shape index (κ3) is 4.47. The van der Waals surface area contributed by atoms with Crippen LogP contribution in [0.15, 0.2) is 205 Å². The lowest BCUT2D eigenvalue weighted by Crippen LogP contribution is -2.25. The fourth-order valence-corrected chi connectivity index (χ4v) is 10.4. The van der Waals surface area contributed by atoms with Crippen molar-refractivity contribution in [1.29, 1.82) is 0 Å². The summed E-state index contributed by atoms with van der Waals surface area (Å²) >= 11 is 0. The van der Waals surface area contributed by atoms with E-state index in [2.05, 4.69) is 152 Å². The number of hydrogen-bond donors (Lipinski definition) is 0. The summed E-state index contributed by atoms with van der Waals surface area (Å²) < 4.78 is 6.30. The lowest BCUT2D eigenvalue weighted by Gasteiger charge is -2.30. The van der Waals surface area contributed by atoms with Gasteiger partial charge in [0.2, 0.25) is 0 Å². The van der Waals surface area contributed by atoms with Crippen LogP contribution >= 0.6 is 0 Å². The Hall–Kier alpha value is -7.95. The molecular weight excluding hydrogens is 731 g/mol. The minimum Gasteiger partial charge on any atom is -0.456 e. The number of nitrogens with zero attached hydrogens (tertiary/aromatic N) is 3. The van der Waals surface area contributed by atoms with Gasteiger partial charge >= 0.3 is 0 Å². The molecule has 4 nitrogen and oxygen atoms in total. The summed E-state index contributed by atoms with van der Waals surface area (Å²) in [6.45, 7) is 0. The van der Waals surface area contributed by atoms with E-state index in [0.29, 0.717) is 17.5 Å². The van der Waals surface area contributed by atoms with Gasteiger partial charge in [-0.3, -0.25) is 0 Å². The average Bonchev–Trinajstić information content (AvgIpc) is 3.96. The van der Waals surface area contributed by atoms with Gasteiger partial charge in [-0.05, 0) is 84.6 Å². The van der Waals surface area contributed by atoms with Crippen molar-refractivity contribution in [2.24, 2.45) is 0 Å². The number of benzene rings is 9. The topological polar surface area (TPSA) is 51.8 Å². The molecule has 2 heterocycles. The fourth-order valence-electron chi connectivity index (χ4n) is 10.4. The second-order valence-electron chi connectivity index (χ2n) is 15.8. The van der Waals surface area contributed by atoms with Gasteiger partial charge < -0.3 is 4.42 Å². The fraction of sp³-hybridized carbons (Fsp3) is 0.0179. The number of aromatic nitrogens is 3. The highest BCUT2D eigenvalue weighted by atomic mass is 16.3. The molecule has 11 aromatic rings. The van der Waals surface area contributed by atoms with Crippen LogP contribution in [0.4, 0.5) is 0 Å². The molecule has 0 saturated carbocycles. The molecule has 0 saturated heterocycles. The van der Waals surface area contributed by atoms with E-state index >= 15 is 0 Å². The average molecular weight is 764 g/mol. The minimum absolute atomic E-state index is 0.414. The van der Waals surface area contributed by atoms with Gasteiger partial charge in [-0.25, -0.2) is 15.0 Å². The maximum Gasteiger partial charge on any atom is 0.164 e. The lowest BCUT2D eigenvalue weighted by atomic mass is 9.70. The summed E-state index contributed by atoms with van der Waals surface area (Å²) in [6.07, 6.45) is 0. The molecule has 9 aromatic carbocycles. The first-order valence-corrected chi connectivity index (χ1v) is 20.4. The molecule has 13 rings (SSSR count). The van der Waals surface area contributed by atoms with Crippen molar-refractivity contribution in [3.8, 4) is 67.5 Å². The van der Waals surface area contributed by atoms with Gasteiger partial charge in [-0.15, -0.1) is 0 Å². The van der Waals surface area contributed by atoms with Crippen molar-refractivity contribution < 1.29 is 4.42 Å². The SMILES string of the molecule is c1ccc(-c2nc(-c3ccc(-c4cccc5c4-c4ccccc4C54c5ccccc5-c5ccccc54)c4ccccc34)nc(-c3cccc4oc5ccccc5c34)n2)cc1. The van der Waals surface area contributed by atoms with Gasteiger partial charge in [0.05, 0.1) is 5.41 Å².